The zero-order chi connectivity index (χ0) is 17.9. The lowest BCUT2D eigenvalue weighted by molar-refractivity contribution is -0.124. The number of benzene rings is 1. The van der Waals surface area contributed by atoms with E-state index >= 15 is 0 Å². The average molecular weight is 353 g/mol. The van der Waals surface area contributed by atoms with E-state index in [9.17, 15) is 4.79 Å². The number of amides is 1. The molecule has 1 aliphatic carbocycles. The van der Waals surface area contributed by atoms with E-state index in [0.29, 0.717) is 6.54 Å². The summed E-state index contributed by atoms with van der Waals surface area (Å²) in [5.74, 6) is 1.11. The molecule has 26 heavy (non-hydrogen) atoms. The van der Waals surface area contributed by atoms with Crippen molar-refractivity contribution in [3.05, 3.63) is 53.6 Å². The molecule has 1 amide bonds. The molecule has 0 saturated carbocycles. The average Bonchev–Trinajstić information content (AvgIpc) is 3.08. The van der Waals surface area contributed by atoms with Crippen LogP contribution in [0.1, 0.15) is 41.9 Å². The number of aromatic nitrogens is 2. The van der Waals surface area contributed by atoms with Gasteiger partial charge in [0.15, 0.2) is 0 Å². The zero-order valence-corrected chi connectivity index (χ0v) is 15.3. The van der Waals surface area contributed by atoms with E-state index in [2.05, 4.69) is 44.8 Å². The molecule has 6 heteroatoms. The van der Waals surface area contributed by atoms with Crippen LogP contribution in [0.2, 0.25) is 0 Å². The summed E-state index contributed by atoms with van der Waals surface area (Å²) in [6, 6.07) is 8.76. The van der Waals surface area contributed by atoms with Crippen molar-refractivity contribution in [1.29, 1.82) is 0 Å². The Hall–Kier alpha value is -2.18. The molecular weight excluding hydrogens is 326 g/mol. The molecule has 1 saturated heterocycles. The van der Waals surface area contributed by atoms with Gasteiger partial charge in [0.1, 0.15) is 5.82 Å². The van der Waals surface area contributed by atoms with Crippen LogP contribution in [0.4, 0.5) is 0 Å². The van der Waals surface area contributed by atoms with Gasteiger partial charge < -0.3 is 15.2 Å². The fourth-order valence-electron chi connectivity index (χ4n) is 4.22. The summed E-state index contributed by atoms with van der Waals surface area (Å²) < 4.78 is 2.04. The quantitative estimate of drug-likeness (QED) is 0.876. The number of aryl methyl sites for hydroxylation is 2. The van der Waals surface area contributed by atoms with Crippen molar-refractivity contribution in [2.75, 3.05) is 26.2 Å². The van der Waals surface area contributed by atoms with E-state index in [1.54, 1.807) is 0 Å². The normalized spacial score (nSPS) is 23.4. The molecule has 2 atom stereocenters. The Bertz CT molecular complexity index is 771. The Morgan fingerprint density at radius 3 is 3.12 bits per heavy atom. The van der Waals surface area contributed by atoms with E-state index in [4.69, 9.17) is 0 Å². The van der Waals surface area contributed by atoms with Crippen LogP contribution >= 0.6 is 0 Å². The predicted octanol–water partition coefficient (Wildman–Crippen LogP) is 1.56. The maximum atomic E-state index is 12.8. The van der Waals surface area contributed by atoms with E-state index in [0.717, 1.165) is 44.7 Å². The molecule has 2 aromatic rings. The number of imidazole rings is 1. The van der Waals surface area contributed by atoms with Crippen LogP contribution < -0.4 is 10.6 Å². The van der Waals surface area contributed by atoms with Gasteiger partial charge in [-0.3, -0.25) is 9.69 Å². The largest absolute Gasteiger partial charge is 0.348 e. The monoisotopic (exact) mass is 353 g/mol. The number of nitrogens with zero attached hydrogens (tertiary/aromatic N) is 3. The van der Waals surface area contributed by atoms with Gasteiger partial charge in [-0.15, -0.1) is 0 Å². The molecule has 1 aromatic carbocycles. The van der Waals surface area contributed by atoms with Crippen molar-refractivity contribution in [2.45, 2.75) is 31.3 Å². The maximum absolute atomic E-state index is 12.8. The molecule has 1 aliphatic heterocycles. The summed E-state index contributed by atoms with van der Waals surface area (Å²) in [6.07, 6.45) is 7.04. The molecule has 2 N–H and O–H groups in total. The van der Waals surface area contributed by atoms with Gasteiger partial charge in [0.05, 0.1) is 18.6 Å². The predicted molar refractivity (Wildman–Crippen MR) is 101 cm³/mol. The standard InChI is InChI=1S/C20H27N5O/c1-24-11-10-22-20(24)18-13-21-9-12-25(18)14-19(26)23-17-8-4-6-15-5-2-3-7-16(15)17/h2-3,5,7,10-11,17-18,21H,4,6,8-9,12-14H2,1H3,(H,23,26). The number of rotatable bonds is 4. The summed E-state index contributed by atoms with van der Waals surface area (Å²) in [5, 5.41) is 6.70. The molecule has 2 unspecified atom stereocenters. The number of hydrogen-bond acceptors (Lipinski definition) is 4. The van der Waals surface area contributed by atoms with Crippen LogP contribution in [0, 0.1) is 0 Å². The third-order valence-corrected chi connectivity index (χ3v) is 5.56. The second kappa shape index (κ2) is 7.60. The van der Waals surface area contributed by atoms with Gasteiger partial charge in [-0.1, -0.05) is 24.3 Å². The molecule has 2 aliphatic rings. The highest BCUT2D eigenvalue weighted by Gasteiger charge is 2.29. The number of piperazine rings is 1. The van der Waals surface area contributed by atoms with Gasteiger partial charge in [-0.2, -0.15) is 0 Å². The first-order valence-corrected chi connectivity index (χ1v) is 9.51. The molecule has 2 heterocycles. The second-order valence-electron chi connectivity index (χ2n) is 7.30. The molecule has 0 bridgehead atoms. The Morgan fingerprint density at radius 2 is 2.27 bits per heavy atom. The van der Waals surface area contributed by atoms with Gasteiger partial charge in [0, 0.05) is 39.1 Å². The molecule has 0 spiro atoms. The minimum Gasteiger partial charge on any atom is -0.348 e. The fourth-order valence-corrected chi connectivity index (χ4v) is 4.22. The first-order valence-electron chi connectivity index (χ1n) is 9.51. The minimum atomic E-state index is 0.104. The lowest BCUT2D eigenvalue weighted by Gasteiger charge is -2.35. The van der Waals surface area contributed by atoms with Gasteiger partial charge in [-0.05, 0) is 30.4 Å². The highest BCUT2D eigenvalue weighted by Crippen LogP contribution is 2.29. The van der Waals surface area contributed by atoms with Crippen molar-refractivity contribution in [3.8, 4) is 0 Å². The second-order valence-corrected chi connectivity index (χ2v) is 7.30. The van der Waals surface area contributed by atoms with Crippen LogP contribution in [-0.2, 0) is 18.3 Å². The lowest BCUT2D eigenvalue weighted by Crippen LogP contribution is -2.50. The summed E-state index contributed by atoms with van der Waals surface area (Å²) in [6.45, 7) is 2.99. The molecule has 0 radical (unpaired) electrons. The van der Waals surface area contributed by atoms with E-state index < -0.39 is 0 Å². The van der Waals surface area contributed by atoms with Crippen LogP contribution in [0.5, 0.6) is 0 Å². The zero-order valence-electron chi connectivity index (χ0n) is 15.3. The number of carbonyl (C=O) groups is 1. The minimum absolute atomic E-state index is 0.104. The number of hydrogen-bond donors (Lipinski definition) is 2. The highest BCUT2D eigenvalue weighted by atomic mass is 16.2. The highest BCUT2D eigenvalue weighted by molar-refractivity contribution is 5.78. The molecular formula is C20H27N5O. The first-order chi connectivity index (χ1) is 12.7. The van der Waals surface area contributed by atoms with Gasteiger partial charge in [0.25, 0.3) is 0 Å². The SMILES string of the molecule is Cn1ccnc1C1CNCCN1CC(=O)NC1CCCc2ccccc21. The van der Waals surface area contributed by atoms with E-state index in [-0.39, 0.29) is 18.0 Å². The van der Waals surface area contributed by atoms with Crippen LogP contribution in [0.3, 0.4) is 0 Å². The number of carbonyl (C=O) groups excluding carboxylic acids is 1. The molecule has 6 nitrogen and oxygen atoms in total. The Balaban J connectivity index is 1.43. The third-order valence-electron chi connectivity index (χ3n) is 5.56. The van der Waals surface area contributed by atoms with Crippen molar-refractivity contribution < 1.29 is 4.79 Å². The summed E-state index contributed by atoms with van der Waals surface area (Å²) in [7, 11) is 2.01. The molecule has 4 rings (SSSR count). The number of nitrogens with one attached hydrogen (secondary N) is 2. The van der Waals surface area contributed by atoms with E-state index in [1.807, 2.05) is 24.0 Å². The van der Waals surface area contributed by atoms with Gasteiger partial charge in [0.2, 0.25) is 5.91 Å². The lowest BCUT2D eigenvalue weighted by atomic mass is 9.88. The van der Waals surface area contributed by atoms with E-state index in [1.165, 1.54) is 11.1 Å². The summed E-state index contributed by atoms with van der Waals surface area (Å²) >= 11 is 0. The van der Waals surface area contributed by atoms with Crippen molar-refractivity contribution in [3.63, 3.8) is 0 Å². The Morgan fingerprint density at radius 1 is 1.38 bits per heavy atom. The summed E-state index contributed by atoms with van der Waals surface area (Å²) in [4.78, 5) is 19.5. The third kappa shape index (κ3) is 3.52. The van der Waals surface area contributed by atoms with Crippen molar-refractivity contribution in [2.24, 2.45) is 7.05 Å². The Labute approximate surface area is 154 Å². The molecule has 1 fully saturated rings. The maximum Gasteiger partial charge on any atom is 0.234 e. The first kappa shape index (κ1) is 17.2. The fraction of sp³-hybridized carbons (Fsp3) is 0.500. The van der Waals surface area contributed by atoms with Crippen LogP contribution in [-0.4, -0.2) is 46.5 Å². The van der Waals surface area contributed by atoms with Crippen LogP contribution in [0.25, 0.3) is 0 Å². The van der Waals surface area contributed by atoms with Crippen molar-refractivity contribution in [1.82, 2.24) is 25.1 Å². The summed E-state index contributed by atoms with van der Waals surface area (Å²) in [5.41, 5.74) is 2.66. The van der Waals surface area contributed by atoms with Gasteiger partial charge in [-0.25, -0.2) is 4.98 Å². The molecule has 1 aromatic heterocycles. The van der Waals surface area contributed by atoms with Crippen molar-refractivity contribution >= 4 is 5.91 Å². The van der Waals surface area contributed by atoms with Gasteiger partial charge >= 0.3 is 0 Å². The topological polar surface area (TPSA) is 62.2 Å². The Kier molecular flexibility index (Phi) is 5.04. The molecule has 138 valence electrons. The number of fused-ring (bicyclic) bond motifs is 1. The van der Waals surface area contributed by atoms with Crippen LogP contribution in [0.15, 0.2) is 36.7 Å². The smallest absolute Gasteiger partial charge is 0.234 e.